The third kappa shape index (κ3) is 4.06. The van der Waals surface area contributed by atoms with E-state index in [0.717, 1.165) is 55.0 Å². The number of carbonyl (C=O) groups excluding carboxylic acids is 1. The fraction of sp³-hybridized carbons (Fsp3) is 0.650. The number of amides is 1. The third-order valence-corrected chi connectivity index (χ3v) is 4.91. The first-order chi connectivity index (χ1) is 12.3. The van der Waals surface area contributed by atoms with Gasteiger partial charge >= 0.3 is 0 Å². The molecule has 0 aromatic carbocycles. The van der Waals surface area contributed by atoms with Crippen LogP contribution in [0.3, 0.4) is 0 Å². The van der Waals surface area contributed by atoms with Gasteiger partial charge in [-0.1, -0.05) is 20.3 Å². The first-order valence-electron chi connectivity index (χ1n) is 9.56. The molecule has 6 nitrogen and oxygen atoms in total. The minimum absolute atomic E-state index is 0.00566. The van der Waals surface area contributed by atoms with Crippen LogP contribution in [-0.2, 0) is 13.0 Å². The molecule has 0 unspecified atom stereocenters. The first kappa shape index (κ1) is 18.8. The summed E-state index contributed by atoms with van der Waals surface area (Å²) >= 11 is 0. The number of pyridine rings is 1. The maximum Gasteiger partial charge on any atom is 0.253 e. The van der Waals surface area contributed by atoms with Crippen LogP contribution in [0.1, 0.15) is 55.0 Å². The van der Waals surface area contributed by atoms with Crippen molar-refractivity contribution in [3.63, 3.8) is 0 Å². The topological polar surface area (TPSA) is 63.1 Å². The van der Waals surface area contributed by atoms with E-state index in [0.29, 0.717) is 12.1 Å². The summed E-state index contributed by atoms with van der Waals surface area (Å²) in [6.07, 6.45) is 4.49. The number of carbonyl (C=O) groups is 1. The normalized spacial score (nSPS) is 15.2. The van der Waals surface area contributed by atoms with E-state index < -0.39 is 0 Å². The predicted octanol–water partition coefficient (Wildman–Crippen LogP) is 2.78. The van der Waals surface area contributed by atoms with Crippen LogP contribution in [0.4, 0.5) is 0 Å². The molecule has 0 saturated heterocycles. The molecule has 0 bridgehead atoms. The van der Waals surface area contributed by atoms with Crippen molar-refractivity contribution < 1.29 is 4.79 Å². The molecule has 2 aromatic rings. The standard InChI is InChI=1S/C20H31N5O/c1-14-11-15(19(26)21-12-20(2,3)13-24(4)5)17-18(22-14)25-10-8-6-7-9-16(25)23-17/h11H,6-10,12-13H2,1-5H3,(H,21,26). The van der Waals surface area contributed by atoms with Crippen LogP contribution < -0.4 is 5.32 Å². The van der Waals surface area contributed by atoms with Crippen molar-refractivity contribution in [1.82, 2.24) is 24.8 Å². The average Bonchev–Trinajstić information content (AvgIpc) is 2.73. The van der Waals surface area contributed by atoms with Crippen LogP contribution in [-0.4, -0.2) is 52.5 Å². The van der Waals surface area contributed by atoms with E-state index in [1.165, 1.54) is 6.42 Å². The Morgan fingerprint density at radius 2 is 2.04 bits per heavy atom. The average molecular weight is 358 g/mol. The Morgan fingerprint density at radius 3 is 2.77 bits per heavy atom. The second-order valence-corrected chi connectivity index (χ2v) is 8.56. The molecule has 0 spiro atoms. The van der Waals surface area contributed by atoms with E-state index in [4.69, 9.17) is 9.97 Å². The van der Waals surface area contributed by atoms with E-state index in [9.17, 15) is 4.79 Å². The Labute approximate surface area is 156 Å². The van der Waals surface area contributed by atoms with Crippen LogP contribution in [0.5, 0.6) is 0 Å². The zero-order valence-corrected chi connectivity index (χ0v) is 16.7. The predicted molar refractivity (Wildman–Crippen MR) is 104 cm³/mol. The lowest BCUT2D eigenvalue weighted by Crippen LogP contribution is -2.40. The Bertz CT molecular complexity index is 806. The number of aryl methyl sites for hydroxylation is 3. The van der Waals surface area contributed by atoms with Crippen molar-refractivity contribution in [2.24, 2.45) is 5.41 Å². The lowest BCUT2D eigenvalue weighted by Gasteiger charge is -2.28. The monoisotopic (exact) mass is 357 g/mol. The van der Waals surface area contributed by atoms with Gasteiger partial charge in [0.05, 0.1) is 5.56 Å². The highest BCUT2D eigenvalue weighted by Gasteiger charge is 2.23. The zero-order chi connectivity index (χ0) is 18.9. The quantitative estimate of drug-likeness (QED) is 0.894. The summed E-state index contributed by atoms with van der Waals surface area (Å²) in [4.78, 5) is 24.6. The van der Waals surface area contributed by atoms with Gasteiger partial charge in [0.1, 0.15) is 11.3 Å². The number of nitrogens with one attached hydrogen (secondary N) is 1. The minimum atomic E-state index is -0.0550. The first-order valence-corrected chi connectivity index (χ1v) is 9.56. The molecule has 0 aliphatic carbocycles. The summed E-state index contributed by atoms with van der Waals surface area (Å²) in [5.41, 5.74) is 3.12. The summed E-state index contributed by atoms with van der Waals surface area (Å²) in [7, 11) is 4.11. The van der Waals surface area contributed by atoms with Gasteiger partial charge in [0, 0.05) is 31.7 Å². The van der Waals surface area contributed by atoms with E-state index in [-0.39, 0.29) is 11.3 Å². The summed E-state index contributed by atoms with van der Waals surface area (Å²) in [6, 6.07) is 1.86. The molecular formula is C20H31N5O. The maximum absolute atomic E-state index is 12.9. The summed E-state index contributed by atoms with van der Waals surface area (Å²) < 4.78 is 2.21. The molecule has 0 atom stereocenters. The number of fused-ring (bicyclic) bond motifs is 3. The Hall–Kier alpha value is -1.95. The number of nitrogens with zero attached hydrogens (tertiary/aromatic N) is 4. The van der Waals surface area contributed by atoms with Gasteiger partial charge in [-0.2, -0.15) is 0 Å². The lowest BCUT2D eigenvalue weighted by atomic mass is 9.93. The van der Waals surface area contributed by atoms with Gasteiger partial charge in [0.25, 0.3) is 5.91 Å². The van der Waals surface area contributed by atoms with Crippen molar-refractivity contribution >= 4 is 17.1 Å². The number of hydrogen-bond donors (Lipinski definition) is 1. The second kappa shape index (κ2) is 7.35. The molecule has 26 heavy (non-hydrogen) atoms. The molecule has 142 valence electrons. The van der Waals surface area contributed by atoms with Crippen LogP contribution in [0.15, 0.2) is 6.07 Å². The number of rotatable bonds is 5. The van der Waals surface area contributed by atoms with Crippen LogP contribution in [0, 0.1) is 12.3 Å². The van der Waals surface area contributed by atoms with Gasteiger partial charge in [-0.05, 0) is 45.3 Å². The van der Waals surface area contributed by atoms with Crippen LogP contribution in [0.25, 0.3) is 11.2 Å². The number of hydrogen-bond acceptors (Lipinski definition) is 4. The van der Waals surface area contributed by atoms with Gasteiger partial charge in [-0.25, -0.2) is 9.97 Å². The highest BCUT2D eigenvalue weighted by molar-refractivity contribution is 6.04. The Morgan fingerprint density at radius 1 is 1.27 bits per heavy atom. The minimum Gasteiger partial charge on any atom is -0.351 e. The van der Waals surface area contributed by atoms with Gasteiger partial charge in [-0.3, -0.25) is 4.79 Å². The molecule has 1 aliphatic heterocycles. The molecular weight excluding hydrogens is 326 g/mol. The number of imidazole rings is 1. The van der Waals surface area contributed by atoms with Gasteiger partial charge in [0.2, 0.25) is 0 Å². The largest absolute Gasteiger partial charge is 0.351 e. The Kier molecular flexibility index (Phi) is 5.32. The molecule has 1 N–H and O–H groups in total. The summed E-state index contributed by atoms with van der Waals surface area (Å²) in [5.74, 6) is 1.01. The molecule has 0 saturated carbocycles. The SMILES string of the molecule is Cc1cc(C(=O)NCC(C)(C)CN(C)C)c2nc3n(c2n1)CCCCC3. The van der Waals surface area contributed by atoms with Gasteiger partial charge in [-0.15, -0.1) is 0 Å². The lowest BCUT2D eigenvalue weighted by molar-refractivity contribution is 0.0930. The van der Waals surface area contributed by atoms with Crippen LogP contribution >= 0.6 is 0 Å². The number of aromatic nitrogens is 3. The van der Waals surface area contributed by atoms with E-state index in [1.54, 1.807) is 0 Å². The molecule has 6 heteroatoms. The summed E-state index contributed by atoms with van der Waals surface area (Å²) in [5, 5.41) is 3.11. The fourth-order valence-electron chi connectivity index (χ4n) is 3.92. The van der Waals surface area contributed by atoms with E-state index in [2.05, 4.69) is 42.7 Å². The second-order valence-electron chi connectivity index (χ2n) is 8.56. The van der Waals surface area contributed by atoms with Crippen LogP contribution in [0.2, 0.25) is 0 Å². The van der Waals surface area contributed by atoms with Gasteiger partial charge < -0.3 is 14.8 Å². The van der Waals surface area contributed by atoms with E-state index in [1.807, 2.05) is 13.0 Å². The smallest absolute Gasteiger partial charge is 0.253 e. The third-order valence-electron chi connectivity index (χ3n) is 4.91. The van der Waals surface area contributed by atoms with Gasteiger partial charge in [0.15, 0.2) is 5.65 Å². The molecule has 0 fully saturated rings. The Balaban J connectivity index is 1.88. The zero-order valence-electron chi connectivity index (χ0n) is 16.7. The molecule has 0 radical (unpaired) electrons. The van der Waals surface area contributed by atoms with Crippen molar-refractivity contribution in [3.05, 3.63) is 23.1 Å². The molecule has 2 aromatic heterocycles. The highest BCUT2D eigenvalue weighted by Crippen LogP contribution is 2.24. The molecule has 3 rings (SSSR count). The maximum atomic E-state index is 12.9. The van der Waals surface area contributed by atoms with Crippen molar-refractivity contribution in [2.45, 2.75) is 53.0 Å². The fourth-order valence-corrected chi connectivity index (χ4v) is 3.92. The molecule has 1 amide bonds. The van der Waals surface area contributed by atoms with Crippen molar-refractivity contribution in [1.29, 1.82) is 0 Å². The van der Waals surface area contributed by atoms with E-state index >= 15 is 0 Å². The van der Waals surface area contributed by atoms with Crippen molar-refractivity contribution in [3.8, 4) is 0 Å². The summed E-state index contributed by atoms with van der Waals surface area (Å²) in [6.45, 7) is 8.76. The molecule has 1 aliphatic rings. The highest BCUT2D eigenvalue weighted by atomic mass is 16.1. The molecule has 3 heterocycles. The van der Waals surface area contributed by atoms with Crippen molar-refractivity contribution in [2.75, 3.05) is 27.2 Å².